The van der Waals surface area contributed by atoms with E-state index in [4.69, 9.17) is 4.74 Å². The van der Waals surface area contributed by atoms with E-state index in [9.17, 15) is 13.2 Å². The average molecular weight is 410 g/mol. The van der Waals surface area contributed by atoms with Crippen LogP contribution in [0.2, 0.25) is 0 Å². The van der Waals surface area contributed by atoms with Crippen LogP contribution in [0.1, 0.15) is 26.7 Å². The predicted molar refractivity (Wildman–Crippen MR) is 108 cm³/mol. The van der Waals surface area contributed by atoms with Gasteiger partial charge in [-0.2, -0.15) is 4.31 Å². The van der Waals surface area contributed by atoms with Gasteiger partial charge in [0.25, 0.3) is 0 Å². The molecule has 0 unspecified atom stereocenters. The fourth-order valence-electron chi connectivity index (χ4n) is 4.31. The van der Waals surface area contributed by atoms with Crippen LogP contribution in [-0.4, -0.2) is 80.9 Å². The molecule has 2 heterocycles. The van der Waals surface area contributed by atoms with Gasteiger partial charge in [0.05, 0.1) is 12.0 Å². The number of ether oxygens (including phenoxy) is 1. The maximum absolute atomic E-state index is 13.1. The molecule has 2 aliphatic rings. The Hall–Kier alpha value is -1.64. The molecule has 0 saturated carbocycles. The lowest BCUT2D eigenvalue weighted by atomic mass is 9.82. The van der Waals surface area contributed by atoms with Gasteiger partial charge in [0.1, 0.15) is 11.3 Å². The zero-order valence-electron chi connectivity index (χ0n) is 17.2. The first-order valence-electron chi connectivity index (χ1n) is 9.85. The fraction of sp³-hybridized carbons (Fsp3) is 0.650. The summed E-state index contributed by atoms with van der Waals surface area (Å²) in [6.45, 7) is 7.42. The molecule has 1 aromatic rings. The molecular formula is C20H31N3O4S. The Bertz CT molecular complexity index is 799. The Balaban J connectivity index is 1.79. The van der Waals surface area contributed by atoms with Gasteiger partial charge in [0.15, 0.2) is 0 Å². The van der Waals surface area contributed by atoms with Crippen LogP contribution in [-0.2, 0) is 14.8 Å². The lowest BCUT2D eigenvalue weighted by Gasteiger charge is -2.52. The SMILES string of the molecule is COc1ccc(S(=O)(=O)N2CCC3(CC2)C(=O)N(C)CCN3CC(C)C)cc1. The van der Waals surface area contributed by atoms with Crippen molar-refractivity contribution in [1.29, 1.82) is 0 Å². The third kappa shape index (κ3) is 3.77. The molecule has 0 aromatic heterocycles. The molecule has 2 fully saturated rings. The summed E-state index contributed by atoms with van der Waals surface area (Å²) >= 11 is 0. The van der Waals surface area contributed by atoms with E-state index < -0.39 is 15.6 Å². The van der Waals surface area contributed by atoms with Crippen LogP contribution in [0.25, 0.3) is 0 Å². The number of amides is 1. The highest BCUT2D eigenvalue weighted by atomic mass is 32.2. The van der Waals surface area contributed by atoms with Crippen molar-refractivity contribution in [2.45, 2.75) is 37.1 Å². The van der Waals surface area contributed by atoms with Gasteiger partial charge >= 0.3 is 0 Å². The number of sulfonamides is 1. The standard InChI is InChI=1S/C20H31N3O4S/c1-16(2)15-22-14-13-21(3)19(24)20(22)9-11-23(12-10-20)28(25,26)18-7-5-17(27-4)6-8-18/h5-8,16H,9-15H2,1-4H3. The third-order valence-electron chi connectivity index (χ3n) is 5.89. The quantitative estimate of drug-likeness (QED) is 0.740. The number of piperazine rings is 1. The minimum atomic E-state index is -3.58. The number of carbonyl (C=O) groups is 1. The van der Waals surface area contributed by atoms with Crippen molar-refractivity contribution >= 4 is 15.9 Å². The van der Waals surface area contributed by atoms with Crippen LogP contribution < -0.4 is 4.74 Å². The van der Waals surface area contributed by atoms with E-state index in [2.05, 4.69) is 18.7 Å². The molecule has 156 valence electrons. The predicted octanol–water partition coefficient (Wildman–Crippen LogP) is 1.65. The zero-order chi connectivity index (χ0) is 20.5. The van der Waals surface area contributed by atoms with Gasteiger partial charge in [-0.25, -0.2) is 8.42 Å². The third-order valence-corrected chi connectivity index (χ3v) is 7.80. The first-order valence-corrected chi connectivity index (χ1v) is 11.3. The number of likely N-dealkylation sites (N-methyl/N-ethyl adjacent to an activating group) is 1. The maximum atomic E-state index is 13.1. The zero-order valence-corrected chi connectivity index (χ0v) is 18.0. The first-order chi connectivity index (χ1) is 13.2. The van der Waals surface area contributed by atoms with Gasteiger partial charge in [-0.1, -0.05) is 13.8 Å². The molecule has 0 radical (unpaired) electrons. The number of piperidine rings is 1. The minimum Gasteiger partial charge on any atom is -0.497 e. The van der Waals surface area contributed by atoms with Crippen molar-refractivity contribution in [3.63, 3.8) is 0 Å². The molecule has 28 heavy (non-hydrogen) atoms. The topological polar surface area (TPSA) is 70.2 Å². The van der Waals surface area contributed by atoms with E-state index in [1.165, 1.54) is 4.31 Å². The average Bonchev–Trinajstić information content (AvgIpc) is 2.69. The van der Waals surface area contributed by atoms with E-state index in [0.29, 0.717) is 37.6 Å². The highest BCUT2D eigenvalue weighted by Gasteiger charge is 2.51. The molecule has 0 aliphatic carbocycles. The van der Waals surface area contributed by atoms with E-state index in [1.54, 1.807) is 36.3 Å². The summed E-state index contributed by atoms with van der Waals surface area (Å²) in [4.78, 5) is 17.4. The van der Waals surface area contributed by atoms with Crippen LogP contribution in [0.5, 0.6) is 5.75 Å². The van der Waals surface area contributed by atoms with Gasteiger partial charge in [0.2, 0.25) is 15.9 Å². The Labute approximate surface area is 168 Å². The maximum Gasteiger partial charge on any atom is 0.243 e. The van der Waals surface area contributed by atoms with Gasteiger partial charge in [0, 0.05) is 39.8 Å². The number of rotatable bonds is 5. The summed E-state index contributed by atoms with van der Waals surface area (Å²) in [6, 6.07) is 6.46. The molecule has 0 atom stereocenters. The van der Waals surface area contributed by atoms with Crippen LogP contribution in [0.3, 0.4) is 0 Å². The van der Waals surface area contributed by atoms with Gasteiger partial charge in [-0.3, -0.25) is 9.69 Å². The molecule has 2 aliphatic heterocycles. The van der Waals surface area contributed by atoms with Gasteiger partial charge < -0.3 is 9.64 Å². The summed E-state index contributed by atoms with van der Waals surface area (Å²) in [6.07, 6.45) is 1.05. The second-order valence-corrected chi connectivity index (χ2v) is 10.1. The highest BCUT2D eigenvalue weighted by molar-refractivity contribution is 7.89. The second kappa shape index (κ2) is 8.00. The molecule has 0 bridgehead atoms. The summed E-state index contributed by atoms with van der Waals surface area (Å²) in [5, 5.41) is 0. The van der Waals surface area contributed by atoms with Crippen LogP contribution in [0.4, 0.5) is 0 Å². The fourth-order valence-corrected chi connectivity index (χ4v) is 5.75. The number of benzene rings is 1. The van der Waals surface area contributed by atoms with Crippen molar-refractivity contribution in [1.82, 2.24) is 14.1 Å². The van der Waals surface area contributed by atoms with Crippen LogP contribution >= 0.6 is 0 Å². The number of hydrogen-bond donors (Lipinski definition) is 0. The molecule has 1 spiro atoms. The van der Waals surface area contributed by atoms with Crippen LogP contribution in [0.15, 0.2) is 29.2 Å². The van der Waals surface area contributed by atoms with Crippen molar-refractivity contribution in [3.05, 3.63) is 24.3 Å². The lowest BCUT2D eigenvalue weighted by Crippen LogP contribution is -2.68. The van der Waals surface area contributed by atoms with Crippen molar-refractivity contribution < 1.29 is 17.9 Å². The van der Waals surface area contributed by atoms with E-state index >= 15 is 0 Å². The molecule has 1 amide bonds. The molecule has 7 nitrogen and oxygen atoms in total. The Kier molecular flexibility index (Phi) is 6.03. The first kappa shape index (κ1) is 21.1. The van der Waals surface area contributed by atoms with Crippen LogP contribution in [0, 0.1) is 5.92 Å². The van der Waals surface area contributed by atoms with Crippen molar-refractivity contribution in [2.24, 2.45) is 5.92 Å². The van der Waals surface area contributed by atoms with Crippen molar-refractivity contribution in [3.8, 4) is 5.75 Å². The smallest absolute Gasteiger partial charge is 0.243 e. The number of methoxy groups -OCH3 is 1. The number of hydrogen-bond acceptors (Lipinski definition) is 5. The molecule has 0 N–H and O–H groups in total. The summed E-state index contributed by atoms with van der Waals surface area (Å²) in [7, 11) is -0.185. The largest absolute Gasteiger partial charge is 0.497 e. The molecule has 3 rings (SSSR count). The van der Waals surface area contributed by atoms with E-state index in [1.807, 2.05) is 7.05 Å². The molecule has 1 aromatic carbocycles. The highest BCUT2D eigenvalue weighted by Crippen LogP contribution is 2.36. The Morgan fingerprint density at radius 2 is 1.68 bits per heavy atom. The summed E-state index contributed by atoms with van der Waals surface area (Å²) in [5.41, 5.74) is -0.580. The van der Waals surface area contributed by atoms with E-state index in [0.717, 1.165) is 19.6 Å². The Morgan fingerprint density at radius 3 is 2.21 bits per heavy atom. The molecular weight excluding hydrogens is 378 g/mol. The van der Waals surface area contributed by atoms with E-state index in [-0.39, 0.29) is 10.8 Å². The minimum absolute atomic E-state index is 0.126. The normalized spacial score (nSPS) is 21.5. The van der Waals surface area contributed by atoms with Gasteiger partial charge in [-0.15, -0.1) is 0 Å². The molecule has 2 saturated heterocycles. The second-order valence-electron chi connectivity index (χ2n) is 8.18. The number of carbonyl (C=O) groups excluding carboxylic acids is 1. The number of nitrogens with zero attached hydrogens (tertiary/aromatic N) is 3. The van der Waals surface area contributed by atoms with Crippen molar-refractivity contribution in [2.75, 3.05) is 46.9 Å². The molecule has 8 heteroatoms. The van der Waals surface area contributed by atoms with Gasteiger partial charge in [-0.05, 0) is 43.0 Å². The summed E-state index contributed by atoms with van der Waals surface area (Å²) in [5.74, 6) is 1.20. The summed E-state index contributed by atoms with van der Waals surface area (Å²) < 4.78 is 32.7. The monoisotopic (exact) mass is 409 g/mol. The Morgan fingerprint density at radius 1 is 1.07 bits per heavy atom. The lowest BCUT2D eigenvalue weighted by molar-refractivity contribution is -0.153.